The molecule has 0 spiro atoms. The highest BCUT2D eigenvalue weighted by molar-refractivity contribution is 5.96. The molecule has 140 valence electrons. The van der Waals surface area contributed by atoms with Gasteiger partial charge in [-0.25, -0.2) is 0 Å². The zero-order valence-electron chi connectivity index (χ0n) is 15.5. The van der Waals surface area contributed by atoms with Crippen LogP contribution in [0.5, 0.6) is 0 Å². The zero-order chi connectivity index (χ0) is 19.0. The molecule has 1 aliphatic rings. The molecule has 0 radical (unpaired) electrons. The van der Waals surface area contributed by atoms with Crippen molar-refractivity contribution in [2.75, 3.05) is 19.8 Å². The van der Waals surface area contributed by atoms with Crippen molar-refractivity contribution in [2.45, 2.75) is 19.9 Å². The standard InChI is InChI=1S/C19H21N5O3/c1-12-4-5-13(2)15(8-12)19(25)24-6-7-26-11-16(24)17-21-18(27-22-17)14-9-20-23(3)10-14/h4-5,8-10,16H,6-7,11H2,1-3H3. The van der Waals surface area contributed by atoms with Crippen LogP contribution < -0.4 is 0 Å². The molecule has 1 atom stereocenters. The molecule has 0 bridgehead atoms. The maximum atomic E-state index is 13.2. The Bertz CT molecular complexity index is 977. The third-order valence-electron chi connectivity index (χ3n) is 4.70. The van der Waals surface area contributed by atoms with Gasteiger partial charge >= 0.3 is 0 Å². The molecular weight excluding hydrogens is 346 g/mol. The summed E-state index contributed by atoms with van der Waals surface area (Å²) in [6, 6.07) is 5.50. The van der Waals surface area contributed by atoms with Gasteiger partial charge in [-0.3, -0.25) is 9.48 Å². The predicted molar refractivity (Wildman–Crippen MR) is 97.0 cm³/mol. The van der Waals surface area contributed by atoms with Crippen molar-refractivity contribution in [1.82, 2.24) is 24.8 Å². The van der Waals surface area contributed by atoms with Gasteiger partial charge < -0.3 is 14.2 Å². The second-order valence-electron chi connectivity index (χ2n) is 6.77. The number of amides is 1. The van der Waals surface area contributed by atoms with Gasteiger partial charge in [0.1, 0.15) is 6.04 Å². The van der Waals surface area contributed by atoms with E-state index in [2.05, 4.69) is 15.2 Å². The van der Waals surface area contributed by atoms with Crippen molar-refractivity contribution >= 4 is 5.91 Å². The summed E-state index contributed by atoms with van der Waals surface area (Å²) in [4.78, 5) is 19.5. The smallest absolute Gasteiger partial charge is 0.261 e. The van der Waals surface area contributed by atoms with Gasteiger partial charge in [0.15, 0.2) is 5.82 Å². The molecule has 1 saturated heterocycles. The summed E-state index contributed by atoms with van der Waals surface area (Å²) in [5.74, 6) is 0.771. The quantitative estimate of drug-likeness (QED) is 0.706. The van der Waals surface area contributed by atoms with E-state index >= 15 is 0 Å². The van der Waals surface area contributed by atoms with Crippen molar-refractivity contribution in [2.24, 2.45) is 7.05 Å². The molecule has 27 heavy (non-hydrogen) atoms. The Morgan fingerprint density at radius 2 is 2.15 bits per heavy atom. The second-order valence-corrected chi connectivity index (χ2v) is 6.77. The lowest BCUT2D eigenvalue weighted by atomic mass is 10.0. The maximum Gasteiger partial charge on any atom is 0.261 e. The van der Waals surface area contributed by atoms with Crippen molar-refractivity contribution in [3.8, 4) is 11.5 Å². The van der Waals surface area contributed by atoms with Gasteiger partial charge in [-0.1, -0.05) is 22.9 Å². The van der Waals surface area contributed by atoms with Gasteiger partial charge in [0, 0.05) is 25.4 Å². The molecule has 8 nitrogen and oxygen atoms in total. The van der Waals surface area contributed by atoms with E-state index in [0.29, 0.717) is 37.0 Å². The van der Waals surface area contributed by atoms with Crippen LogP contribution in [0.1, 0.15) is 33.4 Å². The van der Waals surface area contributed by atoms with Crippen LogP contribution in [0.3, 0.4) is 0 Å². The number of morpholine rings is 1. The van der Waals surface area contributed by atoms with Crippen molar-refractivity contribution < 1.29 is 14.1 Å². The molecule has 0 N–H and O–H groups in total. The van der Waals surface area contributed by atoms with E-state index in [-0.39, 0.29) is 11.9 Å². The Hall–Kier alpha value is -3.00. The molecule has 8 heteroatoms. The monoisotopic (exact) mass is 367 g/mol. The van der Waals surface area contributed by atoms with Crippen LogP contribution in [0.15, 0.2) is 35.1 Å². The van der Waals surface area contributed by atoms with Gasteiger partial charge in [0.25, 0.3) is 11.8 Å². The molecule has 1 amide bonds. The van der Waals surface area contributed by atoms with Crippen LogP contribution in [0.25, 0.3) is 11.5 Å². The van der Waals surface area contributed by atoms with E-state index in [1.165, 1.54) is 0 Å². The number of hydrogen-bond acceptors (Lipinski definition) is 6. The van der Waals surface area contributed by atoms with E-state index in [9.17, 15) is 4.79 Å². The largest absolute Gasteiger partial charge is 0.377 e. The minimum atomic E-state index is -0.389. The number of ether oxygens (including phenoxy) is 1. The average Bonchev–Trinajstić information content (AvgIpc) is 3.32. The van der Waals surface area contributed by atoms with Crippen LogP contribution in [0.4, 0.5) is 0 Å². The fourth-order valence-electron chi connectivity index (χ4n) is 3.20. The minimum Gasteiger partial charge on any atom is -0.377 e. The maximum absolute atomic E-state index is 13.2. The van der Waals surface area contributed by atoms with E-state index < -0.39 is 0 Å². The van der Waals surface area contributed by atoms with Gasteiger partial charge in [-0.05, 0) is 25.5 Å². The number of hydrogen-bond donors (Lipinski definition) is 0. The van der Waals surface area contributed by atoms with E-state index in [1.807, 2.05) is 39.1 Å². The molecule has 1 unspecified atom stereocenters. The summed E-state index contributed by atoms with van der Waals surface area (Å²) in [6.45, 7) is 5.22. The SMILES string of the molecule is Cc1ccc(C)c(C(=O)N2CCOCC2c2noc(-c3cnn(C)c3)n2)c1. The van der Waals surface area contributed by atoms with Crippen LogP contribution in [0.2, 0.25) is 0 Å². The molecule has 3 heterocycles. The van der Waals surface area contributed by atoms with Gasteiger partial charge in [0.05, 0.1) is 25.0 Å². The first-order valence-electron chi connectivity index (χ1n) is 8.81. The summed E-state index contributed by atoms with van der Waals surface area (Å²) >= 11 is 0. The summed E-state index contributed by atoms with van der Waals surface area (Å²) in [6.07, 6.45) is 3.46. The molecule has 0 saturated carbocycles. The molecule has 2 aromatic heterocycles. The van der Waals surface area contributed by atoms with Crippen LogP contribution >= 0.6 is 0 Å². The van der Waals surface area contributed by atoms with E-state index in [0.717, 1.165) is 16.7 Å². The molecule has 1 aromatic carbocycles. The normalized spacial score (nSPS) is 17.3. The molecule has 0 aliphatic carbocycles. The fourth-order valence-corrected chi connectivity index (χ4v) is 3.20. The summed E-state index contributed by atoms with van der Waals surface area (Å²) < 4.78 is 12.6. The van der Waals surface area contributed by atoms with Gasteiger partial charge in [-0.2, -0.15) is 10.1 Å². The topological polar surface area (TPSA) is 86.3 Å². The van der Waals surface area contributed by atoms with E-state index in [4.69, 9.17) is 9.26 Å². The minimum absolute atomic E-state index is 0.0442. The van der Waals surface area contributed by atoms with Crippen molar-refractivity contribution in [1.29, 1.82) is 0 Å². The number of carbonyl (C=O) groups is 1. The lowest BCUT2D eigenvalue weighted by Crippen LogP contribution is -2.44. The lowest BCUT2D eigenvalue weighted by molar-refractivity contribution is -0.00581. The van der Waals surface area contributed by atoms with Crippen molar-refractivity contribution in [3.05, 3.63) is 53.1 Å². The van der Waals surface area contributed by atoms with Crippen LogP contribution in [-0.2, 0) is 11.8 Å². The Kier molecular flexibility index (Phi) is 4.49. The Morgan fingerprint density at radius 1 is 1.30 bits per heavy atom. The second kappa shape index (κ2) is 6.96. The number of carbonyl (C=O) groups excluding carboxylic acids is 1. The first kappa shape index (κ1) is 17.4. The number of benzene rings is 1. The summed E-state index contributed by atoms with van der Waals surface area (Å²) in [5.41, 5.74) is 3.42. The van der Waals surface area contributed by atoms with Crippen molar-refractivity contribution in [3.63, 3.8) is 0 Å². The van der Waals surface area contributed by atoms with E-state index in [1.54, 1.807) is 22.0 Å². The molecule has 4 rings (SSSR count). The number of aromatic nitrogens is 4. The summed E-state index contributed by atoms with van der Waals surface area (Å²) in [7, 11) is 1.82. The third-order valence-corrected chi connectivity index (χ3v) is 4.70. The number of aryl methyl sites for hydroxylation is 3. The molecule has 1 aliphatic heterocycles. The Balaban J connectivity index is 1.64. The Morgan fingerprint density at radius 3 is 2.93 bits per heavy atom. The lowest BCUT2D eigenvalue weighted by Gasteiger charge is -2.34. The highest BCUT2D eigenvalue weighted by atomic mass is 16.5. The first-order chi connectivity index (χ1) is 13.0. The third kappa shape index (κ3) is 3.35. The number of nitrogens with zero attached hydrogens (tertiary/aromatic N) is 5. The Labute approximate surface area is 156 Å². The highest BCUT2D eigenvalue weighted by Gasteiger charge is 2.33. The average molecular weight is 367 g/mol. The van der Waals surface area contributed by atoms with Gasteiger partial charge in [-0.15, -0.1) is 0 Å². The van der Waals surface area contributed by atoms with Crippen LogP contribution in [-0.4, -0.2) is 50.5 Å². The fraction of sp³-hybridized carbons (Fsp3) is 0.368. The predicted octanol–water partition coefficient (Wildman–Crippen LogP) is 2.30. The number of rotatable bonds is 3. The zero-order valence-corrected chi connectivity index (χ0v) is 15.5. The highest BCUT2D eigenvalue weighted by Crippen LogP contribution is 2.27. The van der Waals surface area contributed by atoms with Gasteiger partial charge in [0.2, 0.25) is 0 Å². The molecule has 1 fully saturated rings. The molecule has 3 aromatic rings. The first-order valence-corrected chi connectivity index (χ1v) is 8.81. The van der Waals surface area contributed by atoms with Crippen LogP contribution in [0, 0.1) is 13.8 Å². The summed E-state index contributed by atoms with van der Waals surface area (Å²) in [5, 5.41) is 8.21. The molecular formula is C19H21N5O3.